The van der Waals surface area contributed by atoms with Crippen LogP contribution in [0.2, 0.25) is 0 Å². The average molecular weight is 373 g/mol. The number of para-hydroxylation sites is 1. The molecule has 0 radical (unpaired) electrons. The molecule has 2 aromatic carbocycles. The fourth-order valence-electron chi connectivity index (χ4n) is 3.23. The third kappa shape index (κ3) is 3.32. The van der Waals surface area contributed by atoms with Crippen LogP contribution in [0, 0.1) is 0 Å². The molecule has 7 heteroatoms. The first-order valence-corrected chi connectivity index (χ1v) is 9.92. The van der Waals surface area contributed by atoms with Crippen molar-refractivity contribution in [1.82, 2.24) is 9.62 Å². The van der Waals surface area contributed by atoms with E-state index in [4.69, 9.17) is 0 Å². The van der Waals surface area contributed by atoms with Crippen LogP contribution in [-0.4, -0.2) is 38.9 Å². The van der Waals surface area contributed by atoms with E-state index < -0.39 is 10.0 Å². The predicted octanol–water partition coefficient (Wildman–Crippen LogP) is 2.60. The number of hydrogen-bond donors (Lipinski definition) is 1. The molecule has 1 aliphatic heterocycles. The first-order chi connectivity index (χ1) is 12.3. The smallest absolute Gasteiger partial charge is 0.322 e. The third-order valence-electron chi connectivity index (χ3n) is 4.59. The molecule has 1 N–H and O–H groups in total. The van der Waals surface area contributed by atoms with Crippen molar-refractivity contribution in [2.75, 3.05) is 19.0 Å². The lowest BCUT2D eigenvalue weighted by atomic mass is 10.1. The van der Waals surface area contributed by atoms with Crippen LogP contribution < -0.4 is 10.2 Å². The summed E-state index contributed by atoms with van der Waals surface area (Å²) in [4.78, 5) is 14.7. The predicted molar refractivity (Wildman–Crippen MR) is 102 cm³/mol. The number of carbonyl (C=O) groups is 1. The molecular formula is C19H23N3O3S. The summed E-state index contributed by atoms with van der Waals surface area (Å²) >= 11 is 0. The summed E-state index contributed by atoms with van der Waals surface area (Å²) in [6.07, 6.45) is 0.815. The lowest BCUT2D eigenvalue weighted by Gasteiger charge is -2.23. The van der Waals surface area contributed by atoms with Crippen molar-refractivity contribution in [3.8, 4) is 0 Å². The maximum absolute atomic E-state index is 12.7. The largest absolute Gasteiger partial charge is 0.334 e. The maximum atomic E-state index is 12.7. The van der Waals surface area contributed by atoms with E-state index in [0.717, 1.165) is 17.7 Å². The van der Waals surface area contributed by atoms with Crippen LogP contribution in [0.15, 0.2) is 53.4 Å². The van der Waals surface area contributed by atoms with Gasteiger partial charge in [0.2, 0.25) is 10.0 Å². The Labute approximate surface area is 154 Å². The summed E-state index contributed by atoms with van der Waals surface area (Å²) in [6.45, 7) is 2.15. The van der Waals surface area contributed by atoms with E-state index >= 15 is 0 Å². The van der Waals surface area contributed by atoms with Crippen LogP contribution in [0.3, 0.4) is 0 Å². The summed E-state index contributed by atoms with van der Waals surface area (Å²) in [6, 6.07) is 14.4. The lowest BCUT2D eigenvalue weighted by Crippen LogP contribution is -2.43. The van der Waals surface area contributed by atoms with Crippen molar-refractivity contribution in [1.29, 1.82) is 0 Å². The molecule has 0 saturated heterocycles. The van der Waals surface area contributed by atoms with Gasteiger partial charge in [0, 0.05) is 32.4 Å². The third-order valence-corrected chi connectivity index (χ3v) is 6.50. The van der Waals surface area contributed by atoms with E-state index in [-0.39, 0.29) is 23.5 Å². The molecule has 1 atom stereocenters. The monoisotopic (exact) mass is 373 g/mol. The van der Waals surface area contributed by atoms with Crippen LogP contribution >= 0.6 is 0 Å². The molecule has 1 heterocycles. The van der Waals surface area contributed by atoms with Crippen molar-refractivity contribution in [2.24, 2.45) is 0 Å². The van der Waals surface area contributed by atoms with Crippen LogP contribution in [0.4, 0.5) is 10.5 Å². The molecule has 0 saturated carbocycles. The zero-order chi connectivity index (χ0) is 18.9. The van der Waals surface area contributed by atoms with Gasteiger partial charge >= 0.3 is 6.03 Å². The normalized spacial score (nSPS) is 16.6. The average Bonchev–Trinajstić information content (AvgIpc) is 2.95. The minimum absolute atomic E-state index is 0.0631. The Bertz CT molecular complexity index is 925. The van der Waals surface area contributed by atoms with E-state index in [1.54, 1.807) is 29.2 Å². The number of nitrogens with zero attached hydrogens (tertiary/aromatic N) is 2. The fraction of sp³-hybridized carbons (Fsp3) is 0.316. The molecule has 26 heavy (non-hydrogen) atoms. The first-order valence-electron chi connectivity index (χ1n) is 8.47. The molecule has 3 rings (SSSR count). The van der Waals surface area contributed by atoms with Crippen LogP contribution in [-0.2, 0) is 23.0 Å². The summed E-state index contributed by atoms with van der Waals surface area (Å²) in [5.41, 5.74) is 2.62. The molecule has 138 valence electrons. The highest BCUT2D eigenvalue weighted by atomic mass is 32.2. The van der Waals surface area contributed by atoms with E-state index in [9.17, 15) is 13.2 Å². The highest BCUT2D eigenvalue weighted by Crippen LogP contribution is 2.31. The molecule has 2 aromatic rings. The van der Waals surface area contributed by atoms with Gasteiger partial charge in [0.05, 0.1) is 4.90 Å². The Morgan fingerprint density at radius 2 is 1.81 bits per heavy atom. The Balaban J connectivity index is 1.80. The summed E-state index contributed by atoms with van der Waals surface area (Å²) in [5, 5.41) is 2.87. The molecule has 0 fully saturated rings. The molecule has 1 aliphatic rings. The van der Waals surface area contributed by atoms with Gasteiger partial charge in [-0.15, -0.1) is 0 Å². The van der Waals surface area contributed by atoms with Gasteiger partial charge in [0.25, 0.3) is 0 Å². The van der Waals surface area contributed by atoms with E-state index in [1.165, 1.54) is 18.4 Å². The van der Waals surface area contributed by atoms with Crippen LogP contribution in [0.5, 0.6) is 0 Å². The van der Waals surface area contributed by atoms with Crippen molar-refractivity contribution in [3.05, 3.63) is 59.7 Å². The van der Waals surface area contributed by atoms with Gasteiger partial charge in [-0.1, -0.05) is 36.4 Å². The SMILES string of the molecule is CC1Cc2ccccc2N1C(=O)NCc1ccccc1S(=O)(=O)N(C)C. The molecule has 2 amide bonds. The first kappa shape index (κ1) is 18.4. The minimum Gasteiger partial charge on any atom is -0.334 e. The van der Waals surface area contributed by atoms with Crippen molar-refractivity contribution < 1.29 is 13.2 Å². The zero-order valence-corrected chi connectivity index (χ0v) is 16.0. The molecule has 0 bridgehead atoms. The van der Waals surface area contributed by atoms with E-state index in [1.807, 2.05) is 31.2 Å². The summed E-state index contributed by atoms with van der Waals surface area (Å²) in [7, 11) is -0.578. The number of urea groups is 1. The van der Waals surface area contributed by atoms with Gasteiger partial charge in [-0.2, -0.15) is 0 Å². The Hall–Kier alpha value is -2.38. The van der Waals surface area contributed by atoms with Crippen molar-refractivity contribution in [2.45, 2.75) is 30.8 Å². The van der Waals surface area contributed by atoms with Crippen molar-refractivity contribution in [3.63, 3.8) is 0 Å². The van der Waals surface area contributed by atoms with Crippen molar-refractivity contribution >= 4 is 21.7 Å². The van der Waals surface area contributed by atoms with Gasteiger partial charge in [-0.05, 0) is 36.6 Å². The van der Waals surface area contributed by atoms with Crippen LogP contribution in [0.25, 0.3) is 0 Å². The zero-order valence-electron chi connectivity index (χ0n) is 15.1. The standard InChI is InChI=1S/C19H23N3O3S/c1-14-12-15-8-4-6-10-17(15)22(14)19(23)20-13-16-9-5-7-11-18(16)26(24,25)21(2)3/h4-11,14H,12-13H2,1-3H3,(H,20,23). The number of nitrogens with one attached hydrogen (secondary N) is 1. The highest BCUT2D eigenvalue weighted by molar-refractivity contribution is 7.89. The Morgan fingerprint density at radius 3 is 2.54 bits per heavy atom. The number of carbonyl (C=O) groups excluding carboxylic acids is 1. The second kappa shape index (κ2) is 7.09. The second-order valence-corrected chi connectivity index (χ2v) is 8.73. The molecule has 0 aliphatic carbocycles. The number of fused-ring (bicyclic) bond motifs is 1. The molecule has 6 nitrogen and oxygen atoms in total. The second-order valence-electron chi connectivity index (χ2n) is 6.61. The number of anilines is 1. The fourth-order valence-corrected chi connectivity index (χ4v) is 4.34. The number of rotatable bonds is 4. The quantitative estimate of drug-likeness (QED) is 0.896. The number of sulfonamides is 1. The number of hydrogen-bond acceptors (Lipinski definition) is 3. The van der Waals surface area contributed by atoms with Gasteiger partial charge in [0.1, 0.15) is 0 Å². The topological polar surface area (TPSA) is 69.7 Å². The maximum Gasteiger partial charge on any atom is 0.322 e. The summed E-state index contributed by atoms with van der Waals surface area (Å²) in [5.74, 6) is 0. The molecular weight excluding hydrogens is 350 g/mol. The number of amides is 2. The van der Waals surface area contributed by atoms with Crippen LogP contribution in [0.1, 0.15) is 18.1 Å². The van der Waals surface area contributed by atoms with Gasteiger partial charge in [-0.3, -0.25) is 4.90 Å². The molecule has 1 unspecified atom stereocenters. The minimum atomic E-state index is -3.57. The number of benzene rings is 2. The van der Waals surface area contributed by atoms with E-state index in [0.29, 0.717) is 5.56 Å². The Kier molecular flexibility index (Phi) is 5.02. The Morgan fingerprint density at radius 1 is 1.15 bits per heavy atom. The lowest BCUT2D eigenvalue weighted by molar-refractivity contribution is 0.244. The van der Waals surface area contributed by atoms with Gasteiger partial charge in [0.15, 0.2) is 0 Å². The summed E-state index contributed by atoms with van der Waals surface area (Å²) < 4.78 is 26.1. The molecule has 0 spiro atoms. The van der Waals surface area contributed by atoms with Gasteiger partial charge < -0.3 is 5.32 Å². The van der Waals surface area contributed by atoms with Gasteiger partial charge in [-0.25, -0.2) is 17.5 Å². The molecule has 0 aromatic heterocycles. The van der Waals surface area contributed by atoms with E-state index in [2.05, 4.69) is 5.32 Å². The highest BCUT2D eigenvalue weighted by Gasteiger charge is 2.30.